The summed E-state index contributed by atoms with van der Waals surface area (Å²) in [6.45, 7) is 0. The first kappa shape index (κ1) is 12.0. The van der Waals surface area contributed by atoms with Gasteiger partial charge >= 0.3 is 0 Å². The molecule has 1 aliphatic rings. The standard InChI is InChI=1S/C14H16N4O/c19-14(11-5-7-15-16-10-11)9-12-6-8-18(17-12)13-3-1-2-4-13/h5-8,10,13H,1-4,9H2. The molecule has 0 bridgehead atoms. The number of Topliss-reactive ketones (excluding diaryl/α,β-unsaturated/α-hetero) is 1. The van der Waals surface area contributed by atoms with Crippen molar-refractivity contribution in [1.82, 2.24) is 20.0 Å². The maximum atomic E-state index is 12.0. The summed E-state index contributed by atoms with van der Waals surface area (Å²) >= 11 is 0. The number of rotatable bonds is 4. The minimum Gasteiger partial charge on any atom is -0.294 e. The molecular weight excluding hydrogens is 240 g/mol. The van der Waals surface area contributed by atoms with Crippen molar-refractivity contribution in [1.29, 1.82) is 0 Å². The van der Waals surface area contributed by atoms with Crippen LogP contribution in [0.5, 0.6) is 0 Å². The van der Waals surface area contributed by atoms with Gasteiger partial charge in [0.15, 0.2) is 5.78 Å². The van der Waals surface area contributed by atoms with Crippen molar-refractivity contribution < 1.29 is 4.79 Å². The zero-order valence-corrected chi connectivity index (χ0v) is 10.7. The van der Waals surface area contributed by atoms with Gasteiger partial charge in [-0.25, -0.2) is 0 Å². The molecule has 0 aliphatic heterocycles. The first-order chi connectivity index (χ1) is 9.33. The summed E-state index contributed by atoms with van der Waals surface area (Å²) in [6, 6.07) is 4.14. The van der Waals surface area contributed by atoms with Gasteiger partial charge in [-0.05, 0) is 25.0 Å². The highest BCUT2D eigenvalue weighted by molar-refractivity contribution is 5.96. The monoisotopic (exact) mass is 256 g/mol. The predicted molar refractivity (Wildman–Crippen MR) is 69.8 cm³/mol. The fourth-order valence-corrected chi connectivity index (χ4v) is 2.57. The van der Waals surface area contributed by atoms with E-state index in [1.165, 1.54) is 38.1 Å². The summed E-state index contributed by atoms with van der Waals surface area (Å²) in [5.74, 6) is 0.0339. The Morgan fingerprint density at radius 1 is 1.26 bits per heavy atom. The maximum Gasteiger partial charge on any atom is 0.170 e. The summed E-state index contributed by atoms with van der Waals surface area (Å²) in [6.07, 6.45) is 10.3. The van der Waals surface area contributed by atoms with E-state index in [1.54, 1.807) is 6.07 Å². The van der Waals surface area contributed by atoms with Gasteiger partial charge in [-0.15, -0.1) is 0 Å². The van der Waals surface area contributed by atoms with E-state index in [0.717, 1.165) is 5.69 Å². The smallest absolute Gasteiger partial charge is 0.170 e. The molecular formula is C14H16N4O. The van der Waals surface area contributed by atoms with Gasteiger partial charge in [-0.3, -0.25) is 9.48 Å². The van der Waals surface area contributed by atoms with Crippen LogP contribution in [0.1, 0.15) is 47.8 Å². The number of hydrogen-bond acceptors (Lipinski definition) is 4. The van der Waals surface area contributed by atoms with Gasteiger partial charge in [-0.2, -0.15) is 15.3 Å². The van der Waals surface area contributed by atoms with Crippen LogP contribution in [-0.4, -0.2) is 25.8 Å². The van der Waals surface area contributed by atoms with Crippen LogP contribution in [0.3, 0.4) is 0 Å². The van der Waals surface area contributed by atoms with Crippen LogP contribution in [0, 0.1) is 0 Å². The minimum absolute atomic E-state index is 0.0339. The van der Waals surface area contributed by atoms with Gasteiger partial charge < -0.3 is 0 Å². The third kappa shape index (κ3) is 2.70. The van der Waals surface area contributed by atoms with E-state index < -0.39 is 0 Å². The molecule has 0 atom stereocenters. The van der Waals surface area contributed by atoms with Crippen LogP contribution in [0.4, 0.5) is 0 Å². The average Bonchev–Trinajstić information content (AvgIpc) is 3.10. The van der Waals surface area contributed by atoms with Crippen molar-refractivity contribution in [3.63, 3.8) is 0 Å². The van der Waals surface area contributed by atoms with Crippen LogP contribution in [0.15, 0.2) is 30.7 Å². The van der Waals surface area contributed by atoms with E-state index >= 15 is 0 Å². The lowest BCUT2D eigenvalue weighted by molar-refractivity contribution is 0.0991. The molecule has 5 nitrogen and oxygen atoms in total. The van der Waals surface area contributed by atoms with E-state index in [2.05, 4.69) is 15.3 Å². The highest BCUT2D eigenvalue weighted by Gasteiger charge is 2.18. The molecule has 2 heterocycles. The highest BCUT2D eigenvalue weighted by atomic mass is 16.1. The summed E-state index contributed by atoms with van der Waals surface area (Å²) in [7, 11) is 0. The Labute approximate surface area is 111 Å². The van der Waals surface area contributed by atoms with Gasteiger partial charge in [0.1, 0.15) is 0 Å². The molecule has 0 amide bonds. The molecule has 0 saturated heterocycles. The van der Waals surface area contributed by atoms with Crippen molar-refractivity contribution in [3.05, 3.63) is 42.0 Å². The Hall–Kier alpha value is -2.04. The number of ketones is 1. The fraction of sp³-hybridized carbons (Fsp3) is 0.429. The predicted octanol–water partition coefficient (Wildman–Crippen LogP) is 2.21. The Morgan fingerprint density at radius 2 is 2.11 bits per heavy atom. The number of hydrogen-bond donors (Lipinski definition) is 0. The SMILES string of the molecule is O=C(Cc1ccn(C2CCCC2)n1)c1ccnnc1. The van der Waals surface area contributed by atoms with Crippen molar-refractivity contribution >= 4 is 5.78 Å². The second-order valence-electron chi connectivity index (χ2n) is 4.96. The lowest BCUT2D eigenvalue weighted by atomic mass is 10.1. The summed E-state index contributed by atoms with van der Waals surface area (Å²) in [5.41, 5.74) is 1.42. The Bertz CT molecular complexity index is 558. The highest BCUT2D eigenvalue weighted by Crippen LogP contribution is 2.28. The zero-order chi connectivity index (χ0) is 13.1. The second-order valence-corrected chi connectivity index (χ2v) is 4.96. The molecule has 2 aromatic heterocycles. The maximum absolute atomic E-state index is 12.0. The molecule has 0 aromatic carbocycles. The number of carbonyl (C=O) groups excluding carboxylic acids is 1. The van der Waals surface area contributed by atoms with Crippen molar-refractivity contribution in [3.8, 4) is 0 Å². The van der Waals surface area contributed by atoms with Crippen molar-refractivity contribution in [2.24, 2.45) is 0 Å². The summed E-state index contributed by atoms with van der Waals surface area (Å²) < 4.78 is 2.01. The summed E-state index contributed by atoms with van der Waals surface area (Å²) in [4.78, 5) is 12.0. The van der Waals surface area contributed by atoms with E-state index in [-0.39, 0.29) is 5.78 Å². The average molecular weight is 256 g/mol. The normalized spacial score (nSPS) is 15.8. The van der Waals surface area contributed by atoms with Crippen LogP contribution < -0.4 is 0 Å². The Kier molecular flexibility index (Phi) is 3.35. The number of nitrogens with zero attached hydrogens (tertiary/aromatic N) is 4. The van der Waals surface area contributed by atoms with Crippen LogP contribution in [0.2, 0.25) is 0 Å². The molecule has 0 spiro atoms. The van der Waals surface area contributed by atoms with Crippen LogP contribution >= 0.6 is 0 Å². The molecule has 2 aromatic rings. The molecule has 0 N–H and O–H groups in total. The minimum atomic E-state index is 0.0339. The molecule has 1 fully saturated rings. The van der Waals surface area contributed by atoms with E-state index in [9.17, 15) is 4.79 Å². The van der Waals surface area contributed by atoms with E-state index in [0.29, 0.717) is 18.0 Å². The molecule has 3 rings (SSSR count). The lowest BCUT2D eigenvalue weighted by Crippen LogP contribution is -2.08. The van der Waals surface area contributed by atoms with Gasteiger partial charge in [0, 0.05) is 11.8 Å². The van der Waals surface area contributed by atoms with Gasteiger partial charge in [0.05, 0.1) is 30.6 Å². The molecule has 1 aliphatic carbocycles. The van der Waals surface area contributed by atoms with Gasteiger partial charge in [0.25, 0.3) is 0 Å². The Balaban J connectivity index is 1.68. The van der Waals surface area contributed by atoms with Crippen molar-refractivity contribution in [2.75, 3.05) is 0 Å². The molecule has 1 saturated carbocycles. The number of carbonyl (C=O) groups is 1. The summed E-state index contributed by atoms with van der Waals surface area (Å²) in [5, 5.41) is 11.9. The van der Waals surface area contributed by atoms with Gasteiger partial charge in [-0.1, -0.05) is 12.8 Å². The third-order valence-electron chi connectivity index (χ3n) is 3.61. The fourth-order valence-electron chi connectivity index (χ4n) is 2.57. The van der Waals surface area contributed by atoms with Gasteiger partial charge in [0.2, 0.25) is 0 Å². The first-order valence-electron chi connectivity index (χ1n) is 6.67. The topological polar surface area (TPSA) is 60.7 Å². The Morgan fingerprint density at radius 3 is 2.84 bits per heavy atom. The van der Waals surface area contributed by atoms with E-state index in [1.807, 2.05) is 16.9 Å². The van der Waals surface area contributed by atoms with Crippen molar-refractivity contribution in [2.45, 2.75) is 38.1 Å². The first-order valence-corrected chi connectivity index (χ1v) is 6.67. The largest absolute Gasteiger partial charge is 0.294 e. The second kappa shape index (κ2) is 5.30. The zero-order valence-electron chi connectivity index (χ0n) is 10.7. The molecule has 0 unspecified atom stereocenters. The lowest BCUT2D eigenvalue weighted by Gasteiger charge is -2.08. The molecule has 98 valence electrons. The quantitative estimate of drug-likeness (QED) is 0.787. The van der Waals surface area contributed by atoms with Crippen LogP contribution in [0.25, 0.3) is 0 Å². The van der Waals surface area contributed by atoms with E-state index in [4.69, 9.17) is 0 Å². The molecule has 0 radical (unpaired) electrons. The van der Waals surface area contributed by atoms with Crippen LogP contribution in [-0.2, 0) is 6.42 Å². The number of aromatic nitrogens is 4. The molecule has 19 heavy (non-hydrogen) atoms. The molecule has 5 heteroatoms. The third-order valence-corrected chi connectivity index (χ3v) is 3.61.